The van der Waals surface area contributed by atoms with Gasteiger partial charge in [-0.1, -0.05) is 0 Å². The molecule has 0 spiro atoms. The van der Waals surface area contributed by atoms with Crippen LogP contribution in [0.1, 0.15) is 44.9 Å². The molecule has 0 aliphatic carbocycles. The van der Waals surface area contributed by atoms with Crippen LogP contribution in [0.4, 0.5) is 0 Å². The van der Waals surface area contributed by atoms with Crippen molar-refractivity contribution in [1.29, 1.82) is 0 Å². The zero-order chi connectivity index (χ0) is 10.1. The predicted molar refractivity (Wildman–Crippen MR) is 60.6 cm³/mol. The number of unbranched alkanes of at least 4 members (excludes halogenated alkanes) is 3. The highest BCUT2D eigenvalue weighted by Gasteiger charge is 2.11. The molecule has 0 atom stereocenters. The van der Waals surface area contributed by atoms with Gasteiger partial charge in [0, 0.05) is 0 Å². The van der Waals surface area contributed by atoms with Crippen molar-refractivity contribution in [1.82, 2.24) is 0 Å². The van der Waals surface area contributed by atoms with Gasteiger partial charge < -0.3 is 10.2 Å². The minimum absolute atomic E-state index is 1.32. The predicted octanol–water partition coefficient (Wildman–Crippen LogP) is -0.191. The fourth-order valence-electron chi connectivity index (χ4n) is 2.38. The monoisotopic (exact) mass is 200 g/mol. The van der Waals surface area contributed by atoms with Crippen LogP contribution in [0.15, 0.2) is 0 Å². The Morgan fingerprint density at radius 1 is 0.929 bits per heavy atom. The summed E-state index contributed by atoms with van der Waals surface area (Å²) in [6, 6.07) is 0. The second kappa shape index (κ2) is 8.25. The van der Waals surface area contributed by atoms with Crippen molar-refractivity contribution in [3.05, 3.63) is 0 Å². The van der Waals surface area contributed by atoms with Crippen molar-refractivity contribution < 1.29 is 10.2 Å². The quantitative estimate of drug-likeness (QED) is 0.532. The van der Waals surface area contributed by atoms with Crippen molar-refractivity contribution in [2.75, 3.05) is 33.2 Å². The molecule has 84 valence electrons. The Hall–Kier alpha value is -0.0800. The third kappa shape index (κ3) is 5.61. The number of nitrogens with two attached hydrogens (primary N) is 1. The highest BCUT2D eigenvalue weighted by molar-refractivity contribution is 4.47. The maximum atomic E-state index is 2.29. The third-order valence-corrected chi connectivity index (χ3v) is 3.33. The molecule has 0 saturated carbocycles. The first-order valence-corrected chi connectivity index (χ1v) is 6.55. The molecule has 0 aromatic heterocycles. The van der Waals surface area contributed by atoms with E-state index in [1.165, 1.54) is 71.1 Å². The zero-order valence-corrected chi connectivity index (χ0v) is 9.86. The summed E-state index contributed by atoms with van der Waals surface area (Å²) in [6.45, 7) is 5.65. The summed E-state index contributed by atoms with van der Waals surface area (Å²) < 4.78 is 0. The lowest BCUT2D eigenvalue weighted by molar-refractivity contribution is -0.905. The summed E-state index contributed by atoms with van der Waals surface area (Å²) in [5.74, 6) is 0. The molecular weight excluding hydrogens is 172 g/mol. The molecule has 0 radical (unpaired) electrons. The SMILES string of the molecule is C[NH2+]CCCCCC[NH+]1CCCCC1. The van der Waals surface area contributed by atoms with E-state index in [1.807, 2.05) is 4.90 Å². The van der Waals surface area contributed by atoms with Crippen molar-refractivity contribution >= 4 is 0 Å². The molecule has 0 amide bonds. The minimum atomic E-state index is 1.32. The van der Waals surface area contributed by atoms with E-state index < -0.39 is 0 Å². The van der Waals surface area contributed by atoms with Gasteiger partial charge in [-0.15, -0.1) is 0 Å². The van der Waals surface area contributed by atoms with E-state index in [4.69, 9.17) is 0 Å². The number of piperidine rings is 1. The topological polar surface area (TPSA) is 21.1 Å². The molecule has 1 fully saturated rings. The molecule has 0 aromatic carbocycles. The summed E-state index contributed by atoms with van der Waals surface area (Å²) in [5, 5.41) is 2.29. The van der Waals surface area contributed by atoms with E-state index in [-0.39, 0.29) is 0 Å². The first-order chi connectivity index (χ1) is 6.93. The minimum Gasteiger partial charge on any atom is -0.349 e. The van der Waals surface area contributed by atoms with Gasteiger partial charge in [-0.25, -0.2) is 0 Å². The van der Waals surface area contributed by atoms with E-state index in [9.17, 15) is 0 Å². The average molecular weight is 200 g/mol. The molecule has 1 aliphatic rings. The summed E-state index contributed by atoms with van der Waals surface area (Å²) in [5.41, 5.74) is 0. The molecular formula is C12H28N2+2. The molecule has 1 saturated heterocycles. The first kappa shape index (κ1) is 12.0. The lowest BCUT2D eigenvalue weighted by atomic mass is 10.1. The number of quaternary nitrogens is 2. The van der Waals surface area contributed by atoms with Gasteiger partial charge in [-0.2, -0.15) is 0 Å². The van der Waals surface area contributed by atoms with Gasteiger partial charge in [0.15, 0.2) is 0 Å². The Bertz CT molecular complexity index is 119. The van der Waals surface area contributed by atoms with Crippen LogP contribution in [0.25, 0.3) is 0 Å². The van der Waals surface area contributed by atoms with Crippen LogP contribution in [0, 0.1) is 0 Å². The van der Waals surface area contributed by atoms with Crippen molar-refractivity contribution in [3.8, 4) is 0 Å². The van der Waals surface area contributed by atoms with Gasteiger partial charge >= 0.3 is 0 Å². The summed E-state index contributed by atoms with van der Waals surface area (Å²) in [4.78, 5) is 1.87. The van der Waals surface area contributed by atoms with Crippen LogP contribution >= 0.6 is 0 Å². The van der Waals surface area contributed by atoms with E-state index in [0.29, 0.717) is 0 Å². The van der Waals surface area contributed by atoms with Gasteiger partial charge in [0.05, 0.1) is 33.2 Å². The molecule has 0 aromatic rings. The van der Waals surface area contributed by atoms with E-state index >= 15 is 0 Å². The van der Waals surface area contributed by atoms with Gasteiger partial charge in [0.25, 0.3) is 0 Å². The van der Waals surface area contributed by atoms with Crippen molar-refractivity contribution in [2.45, 2.75) is 44.9 Å². The summed E-state index contributed by atoms with van der Waals surface area (Å²) >= 11 is 0. The van der Waals surface area contributed by atoms with E-state index in [0.717, 1.165) is 0 Å². The van der Waals surface area contributed by atoms with Crippen molar-refractivity contribution in [2.24, 2.45) is 0 Å². The molecule has 0 unspecified atom stereocenters. The number of nitrogens with one attached hydrogen (secondary N) is 1. The molecule has 1 rings (SSSR count). The van der Waals surface area contributed by atoms with Crippen LogP contribution in [-0.4, -0.2) is 33.2 Å². The van der Waals surface area contributed by atoms with E-state index in [2.05, 4.69) is 12.4 Å². The Balaban J connectivity index is 1.82. The van der Waals surface area contributed by atoms with Crippen molar-refractivity contribution in [3.63, 3.8) is 0 Å². The second-order valence-corrected chi connectivity index (χ2v) is 4.67. The Morgan fingerprint density at radius 3 is 2.36 bits per heavy atom. The molecule has 1 heterocycles. The number of rotatable bonds is 7. The van der Waals surface area contributed by atoms with Gasteiger partial charge in [-0.05, 0) is 44.9 Å². The van der Waals surface area contributed by atoms with Crippen LogP contribution in [0.2, 0.25) is 0 Å². The number of hydrogen-bond acceptors (Lipinski definition) is 0. The Labute approximate surface area is 89.1 Å². The first-order valence-electron chi connectivity index (χ1n) is 6.55. The Kier molecular flexibility index (Phi) is 7.06. The van der Waals surface area contributed by atoms with Crippen LogP contribution in [0.3, 0.4) is 0 Å². The van der Waals surface area contributed by atoms with E-state index in [1.54, 1.807) is 0 Å². The highest BCUT2D eigenvalue weighted by atomic mass is 15.1. The number of likely N-dealkylation sites (tertiary alicyclic amines) is 1. The average Bonchev–Trinajstić information content (AvgIpc) is 2.25. The molecule has 2 heteroatoms. The second-order valence-electron chi connectivity index (χ2n) is 4.67. The molecule has 2 nitrogen and oxygen atoms in total. The fourth-order valence-corrected chi connectivity index (χ4v) is 2.38. The normalized spacial score (nSPS) is 18.6. The van der Waals surface area contributed by atoms with Gasteiger partial charge in [0.2, 0.25) is 0 Å². The molecule has 0 bridgehead atoms. The highest BCUT2D eigenvalue weighted by Crippen LogP contribution is 1.98. The smallest absolute Gasteiger partial charge is 0.0770 e. The maximum absolute atomic E-state index is 2.29. The summed E-state index contributed by atoms with van der Waals surface area (Å²) in [7, 11) is 2.16. The largest absolute Gasteiger partial charge is 0.349 e. The van der Waals surface area contributed by atoms with Gasteiger partial charge in [-0.3, -0.25) is 0 Å². The molecule has 3 N–H and O–H groups in total. The summed E-state index contributed by atoms with van der Waals surface area (Å²) in [6.07, 6.45) is 10.2. The lowest BCUT2D eigenvalue weighted by Gasteiger charge is -2.23. The van der Waals surface area contributed by atoms with Gasteiger partial charge in [0.1, 0.15) is 0 Å². The number of hydrogen-bond donors (Lipinski definition) is 2. The zero-order valence-electron chi connectivity index (χ0n) is 9.86. The Morgan fingerprint density at radius 2 is 1.64 bits per heavy atom. The van der Waals surface area contributed by atoms with Crippen LogP contribution < -0.4 is 10.2 Å². The fraction of sp³-hybridized carbons (Fsp3) is 1.00. The standard InChI is InChI=1S/C12H26N2/c1-13-9-5-2-3-6-10-14-11-7-4-8-12-14/h13H,2-12H2,1H3/p+2. The maximum Gasteiger partial charge on any atom is 0.0770 e. The third-order valence-electron chi connectivity index (χ3n) is 3.33. The molecule has 1 aliphatic heterocycles. The van der Waals surface area contributed by atoms with Crippen LogP contribution in [-0.2, 0) is 0 Å². The van der Waals surface area contributed by atoms with Crippen LogP contribution in [0.5, 0.6) is 0 Å². The lowest BCUT2D eigenvalue weighted by Crippen LogP contribution is -3.12. The molecule has 14 heavy (non-hydrogen) atoms.